The Kier molecular flexibility index (Phi) is 5.35. The van der Waals surface area contributed by atoms with Crippen molar-refractivity contribution < 1.29 is 0 Å². The smallest absolute Gasteiger partial charge is 0.126 e. The SMILES string of the molecule is CCC(CCl)(CCl)Nc1ccc(Br)c(C)n1. The first-order chi connectivity index (χ1) is 7.56. The van der Waals surface area contributed by atoms with Gasteiger partial charge in [-0.2, -0.15) is 0 Å². The van der Waals surface area contributed by atoms with Gasteiger partial charge >= 0.3 is 0 Å². The van der Waals surface area contributed by atoms with Crippen LogP contribution in [-0.4, -0.2) is 22.3 Å². The summed E-state index contributed by atoms with van der Waals surface area (Å²) in [5.74, 6) is 1.73. The Morgan fingerprint density at radius 1 is 1.38 bits per heavy atom. The summed E-state index contributed by atoms with van der Waals surface area (Å²) < 4.78 is 0.997. The average Bonchev–Trinajstić information content (AvgIpc) is 2.31. The highest BCUT2D eigenvalue weighted by atomic mass is 79.9. The zero-order chi connectivity index (χ0) is 12.2. The van der Waals surface area contributed by atoms with E-state index in [9.17, 15) is 0 Å². The molecule has 1 aromatic heterocycles. The highest BCUT2D eigenvalue weighted by Crippen LogP contribution is 2.23. The van der Waals surface area contributed by atoms with E-state index >= 15 is 0 Å². The van der Waals surface area contributed by atoms with Gasteiger partial charge in [0, 0.05) is 16.2 Å². The second-order valence-corrected chi connectivity index (χ2v) is 5.18. The summed E-state index contributed by atoms with van der Waals surface area (Å²) >= 11 is 15.3. The van der Waals surface area contributed by atoms with Crippen molar-refractivity contribution in [3.8, 4) is 0 Å². The van der Waals surface area contributed by atoms with Gasteiger partial charge < -0.3 is 5.32 Å². The molecule has 90 valence electrons. The summed E-state index contributed by atoms with van der Waals surface area (Å²) in [5, 5.41) is 3.31. The lowest BCUT2D eigenvalue weighted by atomic mass is 10.0. The molecule has 0 aliphatic rings. The first-order valence-electron chi connectivity index (χ1n) is 5.10. The molecule has 0 amide bonds. The van der Waals surface area contributed by atoms with Crippen LogP contribution in [0.25, 0.3) is 0 Å². The van der Waals surface area contributed by atoms with E-state index in [0.29, 0.717) is 11.8 Å². The Labute approximate surface area is 115 Å². The third-order valence-electron chi connectivity index (χ3n) is 2.60. The molecular formula is C11H15BrCl2N2. The number of nitrogens with zero attached hydrogens (tertiary/aromatic N) is 1. The molecule has 16 heavy (non-hydrogen) atoms. The van der Waals surface area contributed by atoms with Crippen molar-refractivity contribution in [3.63, 3.8) is 0 Å². The number of aromatic nitrogens is 1. The van der Waals surface area contributed by atoms with Crippen molar-refractivity contribution in [1.29, 1.82) is 0 Å². The number of nitrogens with one attached hydrogen (secondary N) is 1. The summed E-state index contributed by atoms with van der Waals surface area (Å²) in [6, 6.07) is 3.88. The van der Waals surface area contributed by atoms with Crippen LogP contribution in [0.1, 0.15) is 19.0 Å². The lowest BCUT2D eigenvalue weighted by Gasteiger charge is -2.30. The van der Waals surface area contributed by atoms with Crippen LogP contribution >= 0.6 is 39.1 Å². The fourth-order valence-electron chi connectivity index (χ4n) is 1.27. The predicted molar refractivity (Wildman–Crippen MR) is 74.8 cm³/mol. The zero-order valence-electron chi connectivity index (χ0n) is 9.36. The van der Waals surface area contributed by atoms with E-state index in [-0.39, 0.29) is 5.54 Å². The van der Waals surface area contributed by atoms with E-state index in [1.54, 1.807) is 0 Å². The maximum atomic E-state index is 5.96. The first kappa shape index (κ1) is 14.1. The molecule has 1 rings (SSSR count). The number of aryl methyl sites for hydroxylation is 1. The summed E-state index contributed by atoms with van der Waals surface area (Å²) in [7, 11) is 0. The van der Waals surface area contributed by atoms with Crippen LogP contribution in [0.4, 0.5) is 5.82 Å². The molecule has 0 saturated carbocycles. The number of hydrogen-bond donors (Lipinski definition) is 1. The fraction of sp³-hybridized carbons (Fsp3) is 0.545. The van der Waals surface area contributed by atoms with Crippen LogP contribution in [0.15, 0.2) is 16.6 Å². The van der Waals surface area contributed by atoms with Gasteiger partial charge in [0.25, 0.3) is 0 Å². The van der Waals surface area contributed by atoms with E-state index in [2.05, 4.69) is 33.2 Å². The molecule has 0 bridgehead atoms. The van der Waals surface area contributed by atoms with E-state index < -0.39 is 0 Å². The quantitative estimate of drug-likeness (QED) is 0.821. The minimum atomic E-state index is -0.281. The Morgan fingerprint density at radius 3 is 2.44 bits per heavy atom. The molecule has 0 unspecified atom stereocenters. The second-order valence-electron chi connectivity index (χ2n) is 3.79. The number of hydrogen-bond acceptors (Lipinski definition) is 2. The Hall–Kier alpha value is 0.01000. The molecule has 0 aliphatic heterocycles. The van der Waals surface area contributed by atoms with Gasteiger partial charge in [-0.25, -0.2) is 4.98 Å². The molecule has 5 heteroatoms. The highest BCUT2D eigenvalue weighted by Gasteiger charge is 2.26. The third-order valence-corrected chi connectivity index (χ3v) is 4.46. The van der Waals surface area contributed by atoms with Crippen molar-refractivity contribution in [3.05, 3.63) is 22.3 Å². The summed E-state index contributed by atoms with van der Waals surface area (Å²) in [6.45, 7) is 4.01. The van der Waals surface area contributed by atoms with Crippen molar-refractivity contribution in [2.24, 2.45) is 0 Å². The number of pyridine rings is 1. The van der Waals surface area contributed by atoms with Crippen LogP contribution in [-0.2, 0) is 0 Å². The average molecular weight is 326 g/mol. The molecule has 0 fully saturated rings. The van der Waals surface area contributed by atoms with E-state index in [1.165, 1.54) is 0 Å². The summed E-state index contributed by atoms with van der Waals surface area (Å²) in [6.07, 6.45) is 0.858. The van der Waals surface area contributed by atoms with Gasteiger partial charge in [0.15, 0.2) is 0 Å². The van der Waals surface area contributed by atoms with Gasteiger partial charge in [0.05, 0.1) is 11.2 Å². The maximum Gasteiger partial charge on any atom is 0.126 e. The monoisotopic (exact) mass is 324 g/mol. The van der Waals surface area contributed by atoms with Crippen molar-refractivity contribution >= 4 is 44.9 Å². The highest BCUT2D eigenvalue weighted by molar-refractivity contribution is 9.10. The minimum Gasteiger partial charge on any atom is -0.362 e. The number of rotatable bonds is 5. The van der Waals surface area contributed by atoms with E-state index in [0.717, 1.165) is 22.4 Å². The van der Waals surface area contributed by atoms with Crippen molar-refractivity contribution in [2.75, 3.05) is 17.1 Å². The van der Waals surface area contributed by atoms with Gasteiger partial charge in [0.1, 0.15) is 5.82 Å². The van der Waals surface area contributed by atoms with Gasteiger partial charge in [-0.05, 0) is 41.4 Å². The molecule has 1 heterocycles. The molecule has 0 aliphatic carbocycles. The molecule has 2 nitrogen and oxygen atoms in total. The fourth-order valence-corrected chi connectivity index (χ4v) is 2.28. The molecule has 0 saturated heterocycles. The Morgan fingerprint density at radius 2 is 2.00 bits per heavy atom. The molecule has 0 atom stereocenters. The number of halogens is 3. The maximum absolute atomic E-state index is 5.96. The Bertz CT molecular complexity index is 346. The van der Waals surface area contributed by atoms with Gasteiger partial charge in [0.2, 0.25) is 0 Å². The standard InChI is InChI=1S/C11H15BrCl2N2/c1-3-11(6-13,7-14)16-10-5-4-9(12)8(2)15-10/h4-5H,3,6-7H2,1-2H3,(H,15,16). The molecule has 1 aromatic rings. The van der Waals surface area contributed by atoms with Crippen molar-refractivity contribution in [1.82, 2.24) is 4.98 Å². The molecule has 0 aromatic carbocycles. The normalized spacial score (nSPS) is 11.6. The zero-order valence-corrected chi connectivity index (χ0v) is 12.5. The number of anilines is 1. The first-order valence-corrected chi connectivity index (χ1v) is 6.96. The van der Waals surface area contributed by atoms with Crippen LogP contribution in [0, 0.1) is 6.92 Å². The molecule has 0 spiro atoms. The lowest BCUT2D eigenvalue weighted by molar-refractivity contribution is 0.557. The topological polar surface area (TPSA) is 24.9 Å². The molecule has 0 radical (unpaired) electrons. The lowest BCUT2D eigenvalue weighted by Crippen LogP contribution is -2.42. The predicted octanol–water partition coefficient (Wildman–Crippen LogP) is 4.19. The van der Waals surface area contributed by atoms with Gasteiger partial charge in [-0.3, -0.25) is 0 Å². The van der Waals surface area contributed by atoms with Crippen molar-refractivity contribution in [2.45, 2.75) is 25.8 Å². The molecular weight excluding hydrogens is 311 g/mol. The second kappa shape index (κ2) is 6.08. The van der Waals surface area contributed by atoms with E-state index in [1.807, 2.05) is 19.1 Å². The van der Waals surface area contributed by atoms with Crippen LogP contribution < -0.4 is 5.32 Å². The van der Waals surface area contributed by atoms with E-state index in [4.69, 9.17) is 23.2 Å². The van der Waals surface area contributed by atoms with Gasteiger partial charge in [-0.1, -0.05) is 6.92 Å². The molecule has 1 N–H and O–H groups in total. The number of alkyl halides is 2. The van der Waals surface area contributed by atoms with Gasteiger partial charge in [-0.15, -0.1) is 23.2 Å². The summed E-state index contributed by atoms with van der Waals surface area (Å²) in [4.78, 5) is 4.43. The largest absolute Gasteiger partial charge is 0.362 e. The van der Waals surface area contributed by atoms with Crippen LogP contribution in [0.3, 0.4) is 0 Å². The van der Waals surface area contributed by atoms with Crippen LogP contribution in [0.5, 0.6) is 0 Å². The minimum absolute atomic E-state index is 0.281. The van der Waals surface area contributed by atoms with Crippen LogP contribution in [0.2, 0.25) is 0 Å². The summed E-state index contributed by atoms with van der Waals surface area (Å²) in [5.41, 5.74) is 0.662. The Balaban J connectivity index is 2.89. The third kappa shape index (κ3) is 3.25.